The molecule has 2 aromatic rings. The summed E-state index contributed by atoms with van der Waals surface area (Å²) in [5.74, 6) is -0.402. The van der Waals surface area contributed by atoms with Crippen molar-refractivity contribution >= 4 is 17.2 Å². The number of carbonyl (C=O) groups is 1. The van der Waals surface area contributed by atoms with E-state index in [1.54, 1.807) is 24.3 Å². The summed E-state index contributed by atoms with van der Waals surface area (Å²) in [6.07, 6.45) is 0.712. The largest absolute Gasteiger partial charge is 0.465 e. The van der Waals surface area contributed by atoms with Crippen molar-refractivity contribution in [2.45, 2.75) is 19.0 Å². The Labute approximate surface area is 163 Å². The lowest BCUT2D eigenvalue weighted by Gasteiger charge is -2.27. The second-order valence-corrected chi connectivity index (χ2v) is 7.44. The molecule has 7 heteroatoms. The molecule has 6 nitrogen and oxygen atoms in total. The smallest absolute Gasteiger partial charge is 0.337 e. The first-order chi connectivity index (χ1) is 12.9. The van der Waals surface area contributed by atoms with E-state index in [2.05, 4.69) is 21.8 Å². The zero-order valence-corrected chi connectivity index (χ0v) is 16.7. The average Bonchev–Trinajstić information content (AvgIpc) is 2.67. The van der Waals surface area contributed by atoms with Gasteiger partial charge in [0.05, 0.1) is 12.7 Å². The number of hydrogen-bond acceptors (Lipinski definition) is 4. The molecule has 0 fully saturated rings. The third kappa shape index (κ3) is 6.25. The molecule has 2 rings (SSSR count). The molecule has 0 aliphatic rings. The first-order valence-corrected chi connectivity index (χ1v) is 9.73. The second-order valence-electron chi connectivity index (χ2n) is 6.46. The van der Waals surface area contributed by atoms with E-state index in [9.17, 15) is 13.6 Å². The maximum atomic E-state index is 11.8. The molecule has 0 aromatic heterocycles. The first-order valence-electron chi connectivity index (χ1n) is 8.67. The minimum atomic E-state index is -2.08. The van der Waals surface area contributed by atoms with Crippen LogP contribution in [0.5, 0.6) is 0 Å². The molecule has 2 unspecified atom stereocenters. The molecule has 1 N–H and O–H groups in total. The third-order valence-electron chi connectivity index (χ3n) is 4.41. The van der Waals surface area contributed by atoms with Gasteiger partial charge in [-0.3, -0.25) is 4.55 Å². The van der Waals surface area contributed by atoms with Gasteiger partial charge in [-0.2, -0.15) is 4.31 Å². The molecule has 0 aliphatic heterocycles. The van der Waals surface area contributed by atoms with Crippen LogP contribution in [0.15, 0.2) is 54.6 Å². The topological polar surface area (TPSA) is 70.1 Å². The standard InChI is InChI=1S/C20H26N2O4S/c1-21(2)19(17-7-5-4-6-8-17)13-14-22(27(24)25)15-16-9-11-18(12-10-16)20(23)26-3/h4-12,19H,13-15H2,1-3H3,(H,24,25). The number of methoxy groups -OCH3 is 1. The van der Waals surface area contributed by atoms with Gasteiger partial charge < -0.3 is 9.64 Å². The summed E-state index contributed by atoms with van der Waals surface area (Å²) in [4.78, 5) is 13.6. The van der Waals surface area contributed by atoms with Crippen LogP contribution in [0.4, 0.5) is 0 Å². The molecule has 0 spiro atoms. The molecule has 2 atom stereocenters. The van der Waals surface area contributed by atoms with Crippen molar-refractivity contribution in [3.8, 4) is 0 Å². The summed E-state index contributed by atoms with van der Waals surface area (Å²) in [7, 11) is 5.34. The minimum absolute atomic E-state index is 0.152. The molecule has 0 bridgehead atoms. The van der Waals surface area contributed by atoms with Gasteiger partial charge in [0.25, 0.3) is 0 Å². The van der Waals surface area contributed by atoms with E-state index in [1.807, 2.05) is 32.3 Å². The summed E-state index contributed by atoms with van der Waals surface area (Å²) in [5, 5.41) is 0. The summed E-state index contributed by atoms with van der Waals surface area (Å²) in [6.45, 7) is 0.777. The lowest BCUT2D eigenvalue weighted by atomic mass is 10.0. The fourth-order valence-electron chi connectivity index (χ4n) is 2.94. The number of nitrogens with zero attached hydrogens (tertiary/aromatic N) is 2. The Morgan fingerprint density at radius 3 is 2.26 bits per heavy atom. The maximum Gasteiger partial charge on any atom is 0.337 e. The molecule has 2 aromatic carbocycles. The van der Waals surface area contributed by atoms with Crippen molar-refractivity contribution in [2.24, 2.45) is 0 Å². The van der Waals surface area contributed by atoms with Gasteiger partial charge in [-0.1, -0.05) is 42.5 Å². The number of ether oxygens (including phenoxy) is 1. The van der Waals surface area contributed by atoms with Gasteiger partial charge in [-0.15, -0.1) is 0 Å². The molecule has 0 heterocycles. The molecular weight excluding hydrogens is 364 g/mol. The van der Waals surface area contributed by atoms with Crippen LogP contribution in [-0.4, -0.2) is 51.7 Å². The Kier molecular flexibility index (Phi) is 8.12. The Bertz CT molecular complexity index is 750. The van der Waals surface area contributed by atoms with Crippen molar-refractivity contribution in [3.63, 3.8) is 0 Å². The lowest BCUT2D eigenvalue weighted by Crippen LogP contribution is -2.30. The highest BCUT2D eigenvalue weighted by Crippen LogP contribution is 2.22. The van der Waals surface area contributed by atoms with Crippen molar-refractivity contribution in [1.82, 2.24) is 9.21 Å². The monoisotopic (exact) mass is 390 g/mol. The predicted molar refractivity (Wildman–Crippen MR) is 106 cm³/mol. The molecule has 0 amide bonds. The Balaban J connectivity index is 2.04. The van der Waals surface area contributed by atoms with E-state index in [-0.39, 0.29) is 6.04 Å². The van der Waals surface area contributed by atoms with E-state index in [1.165, 1.54) is 17.0 Å². The van der Waals surface area contributed by atoms with E-state index in [0.29, 0.717) is 25.1 Å². The van der Waals surface area contributed by atoms with E-state index < -0.39 is 17.2 Å². The maximum absolute atomic E-state index is 11.8. The molecule has 146 valence electrons. The molecule has 0 saturated heterocycles. The first kappa shape index (κ1) is 21.2. The van der Waals surface area contributed by atoms with Crippen LogP contribution in [-0.2, 0) is 22.5 Å². The second kappa shape index (κ2) is 10.3. The third-order valence-corrected chi connectivity index (χ3v) is 5.17. The van der Waals surface area contributed by atoms with Gasteiger partial charge in [0.2, 0.25) is 11.3 Å². The summed E-state index contributed by atoms with van der Waals surface area (Å²) in [6, 6.07) is 17.1. The van der Waals surface area contributed by atoms with Gasteiger partial charge in [0.15, 0.2) is 0 Å². The summed E-state index contributed by atoms with van der Waals surface area (Å²) >= 11 is -2.08. The lowest BCUT2D eigenvalue weighted by molar-refractivity contribution is 0.0600. The number of hydrogen-bond donors (Lipinski definition) is 1. The predicted octanol–water partition coefficient (Wildman–Crippen LogP) is 3.10. The fourth-order valence-corrected chi connectivity index (χ4v) is 3.47. The van der Waals surface area contributed by atoms with Crippen LogP contribution in [0.25, 0.3) is 0 Å². The van der Waals surface area contributed by atoms with Crippen LogP contribution in [0.2, 0.25) is 0 Å². The van der Waals surface area contributed by atoms with Gasteiger partial charge in [-0.05, 0) is 43.8 Å². The average molecular weight is 391 g/mol. The summed E-state index contributed by atoms with van der Waals surface area (Å²) in [5.41, 5.74) is 2.48. The van der Waals surface area contributed by atoms with E-state index in [0.717, 1.165) is 5.56 Å². The number of rotatable bonds is 9. The zero-order chi connectivity index (χ0) is 19.8. The summed E-state index contributed by atoms with van der Waals surface area (Å²) < 4.78 is 27.7. The van der Waals surface area contributed by atoms with Crippen molar-refractivity contribution in [1.29, 1.82) is 0 Å². The Hall–Kier alpha value is -2.06. The quantitative estimate of drug-likeness (QED) is 0.526. The van der Waals surface area contributed by atoms with Gasteiger partial charge in [0, 0.05) is 19.1 Å². The number of esters is 1. The number of benzene rings is 2. The molecule has 0 radical (unpaired) electrons. The Morgan fingerprint density at radius 2 is 1.74 bits per heavy atom. The van der Waals surface area contributed by atoms with Crippen LogP contribution in [0, 0.1) is 0 Å². The normalized spacial score (nSPS) is 13.6. The SMILES string of the molecule is COC(=O)c1ccc(CN(CCC(c2ccccc2)N(C)C)S(=O)O)cc1. The molecule has 0 saturated carbocycles. The fraction of sp³-hybridized carbons (Fsp3) is 0.350. The van der Waals surface area contributed by atoms with Crippen molar-refractivity contribution < 1.29 is 18.3 Å². The van der Waals surface area contributed by atoms with Crippen LogP contribution < -0.4 is 0 Å². The van der Waals surface area contributed by atoms with E-state index >= 15 is 0 Å². The van der Waals surface area contributed by atoms with Crippen molar-refractivity contribution in [3.05, 3.63) is 71.3 Å². The van der Waals surface area contributed by atoms with Crippen LogP contribution >= 0.6 is 0 Å². The highest BCUT2D eigenvalue weighted by molar-refractivity contribution is 7.76. The van der Waals surface area contributed by atoms with E-state index in [4.69, 9.17) is 0 Å². The number of carbonyl (C=O) groups excluding carboxylic acids is 1. The zero-order valence-electron chi connectivity index (χ0n) is 15.9. The molecular formula is C20H26N2O4S. The van der Waals surface area contributed by atoms with Gasteiger partial charge in [0.1, 0.15) is 0 Å². The highest BCUT2D eigenvalue weighted by atomic mass is 32.2. The van der Waals surface area contributed by atoms with Gasteiger partial charge >= 0.3 is 5.97 Å². The molecule has 27 heavy (non-hydrogen) atoms. The highest BCUT2D eigenvalue weighted by Gasteiger charge is 2.18. The minimum Gasteiger partial charge on any atom is -0.465 e. The van der Waals surface area contributed by atoms with Crippen LogP contribution in [0.3, 0.4) is 0 Å². The van der Waals surface area contributed by atoms with Gasteiger partial charge in [-0.25, -0.2) is 9.00 Å². The van der Waals surface area contributed by atoms with Crippen molar-refractivity contribution in [2.75, 3.05) is 27.7 Å². The molecule has 0 aliphatic carbocycles. The Morgan fingerprint density at radius 1 is 1.11 bits per heavy atom. The van der Waals surface area contributed by atoms with Crippen LogP contribution in [0.1, 0.15) is 33.9 Å².